The first-order chi connectivity index (χ1) is 13.7. The number of nitrogens with one attached hydrogen (secondary N) is 2. The number of hydrogen-bond acceptors (Lipinski definition) is 5. The standard InChI is InChI=1S/C21H32N4O2S.HI/c1-22-21(23-14-16-7-9-25(10-8-16)11-12-27-2)24-15-18(26)20-13-17-5-3-4-6-19(17)28-20;/h3-6,13,16,18,26H,7-12,14-15H2,1-2H3,(H2,22,23,24);1H. The van der Waals surface area contributed by atoms with Crippen molar-refractivity contribution in [2.45, 2.75) is 18.9 Å². The first kappa shape index (κ1) is 24.3. The first-order valence-electron chi connectivity index (χ1n) is 10.0. The van der Waals surface area contributed by atoms with Crippen LogP contribution in [0.1, 0.15) is 23.8 Å². The summed E-state index contributed by atoms with van der Waals surface area (Å²) in [6.07, 6.45) is 1.84. The molecule has 1 aliphatic rings. The molecule has 0 amide bonds. The van der Waals surface area contributed by atoms with Crippen molar-refractivity contribution < 1.29 is 9.84 Å². The van der Waals surface area contributed by atoms with Gasteiger partial charge in [0.05, 0.1) is 6.61 Å². The Kier molecular flexibility index (Phi) is 10.6. The van der Waals surface area contributed by atoms with Crippen molar-refractivity contribution in [3.63, 3.8) is 0 Å². The first-order valence-corrected chi connectivity index (χ1v) is 10.8. The summed E-state index contributed by atoms with van der Waals surface area (Å²) in [6, 6.07) is 10.3. The molecule has 0 saturated carbocycles. The number of rotatable bonds is 8. The highest BCUT2D eigenvalue weighted by atomic mass is 127. The van der Waals surface area contributed by atoms with Crippen molar-refractivity contribution in [3.8, 4) is 0 Å². The largest absolute Gasteiger partial charge is 0.386 e. The Bertz CT molecular complexity index is 729. The van der Waals surface area contributed by atoms with E-state index in [-0.39, 0.29) is 24.0 Å². The number of guanidine groups is 1. The number of hydrogen-bond donors (Lipinski definition) is 3. The van der Waals surface area contributed by atoms with Gasteiger partial charge in [-0.1, -0.05) is 18.2 Å². The number of halogens is 1. The van der Waals surface area contributed by atoms with E-state index in [4.69, 9.17) is 4.74 Å². The van der Waals surface area contributed by atoms with Crippen molar-refractivity contribution in [2.75, 3.05) is 53.5 Å². The van der Waals surface area contributed by atoms with E-state index in [9.17, 15) is 5.11 Å². The molecule has 1 fully saturated rings. The smallest absolute Gasteiger partial charge is 0.191 e. The van der Waals surface area contributed by atoms with Crippen LogP contribution in [-0.4, -0.2) is 69.5 Å². The minimum atomic E-state index is -0.542. The van der Waals surface area contributed by atoms with Gasteiger partial charge in [-0.25, -0.2) is 0 Å². The molecule has 1 aromatic carbocycles. The number of fused-ring (bicyclic) bond motifs is 1. The highest BCUT2D eigenvalue weighted by Gasteiger charge is 2.19. The maximum absolute atomic E-state index is 10.5. The van der Waals surface area contributed by atoms with Gasteiger partial charge in [0, 0.05) is 43.4 Å². The highest BCUT2D eigenvalue weighted by molar-refractivity contribution is 14.0. The molecular formula is C21H33IN4O2S. The lowest BCUT2D eigenvalue weighted by atomic mass is 9.97. The molecule has 0 bridgehead atoms. The molecule has 6 nitrogen and oxygen atoms in total. The topological polar surface area (TPSA) is 69.1 Å². The Morgan fingerprint density at radius 3 is 2.76 bits per heavy atom. The number of methoxy groups -OCH3 is 1. The Labute approximate surface area is 194 Å². The number of aliphatic imine (C=N–C) groups is 1. The lowest BCUT2D eigenvalue weighted by Gasteiger charge is -2.32. The second-order valence-corrected chi connectivity index (χ2v) is 8.43. The summed E-state index contributed by atoms with van der Waals surface area (Å²) < 4.78 is 6.37. The highest BCUT2D eigenvalue weighted by Crippen LogP contribution is 2.29. The van der Waals surface area contributed by atoms with Crippen molar-refractivity contribution in [2.24, 2.45) is 10.9 Å². The summed E-state index contributed by atoms with van der Waals surface area (Å²) in [4.78, 5) is 7.74. The Morgan fingerprint density at radius 2 is 2.07 bits per heavy atom. The van der Waals surface area contributed by atoms with Crippen molar-refractivity contribution in [1.82, 2.24) is 15.5 Å². The number of piperidine rings is 1. The summed E-state index contributed by atoms with van der Waals surface area (Å²) >= 11 is 1.64. The van der Waals surface area contributed by atoms with Gasteiger partial charge in [-0.2, -0.15) is 0 Å². The molecule has 2 heterocycles. The van der Waals surface area contributed by atoms with Crippen LogP contribution < -0.4 is 10.6 Å². The molecular weight excluding hydrogens is 499 g/mol. The Morgan fingerprint density at radius 1 is 1.31 bits per heavy atom. The van der Waals surface area contributed by atoms with Crippen LogP contribution in [0.25, 0.3) is 10.1 Å². The summed E-state index contributed by atoms with van der Waals surface area (Å²) in [5, 5.41) is 18.4. The molecule has 3 rings (SSSR count). The van der Waals surface area contributed by atoms with E-state index in [1.165, 1.54) is 22.9 Å². The van der Waals surface area contributed by atoms with E-state index >= 15 is 0 Å². The molecule has 1 aromatic heterocycles. The maximum Gasteiger partial charge on any atom is 0.191 e. The van der Waals surface area contributed by atoms with Gasteiger partial charge in [0.15, 0.2) is 5.96 Å². The molecule has 0 spiro atoms. The molecule has 29 heavy (non-hydrogen) atoms. The van der Waals surface area contributed by atoms with Gasteiger partial charge >= 0.3 is 0 Å². The summed E-state index contributed by atoms with van der Waals surface area (Å²) in [5.74, 6) is 1.41. The van der Waals surface area contributed by atoms with Crippen LogP contribution in [0.3, 0.4) is 0 Å². The van der Waals surface area contributed by atoms with Gasteiger partial charge in [0.25, 0.3) is 0 Å². The predicted octanol–water partition coefficient (Wildman–Crippen LogP) is 3.08. The molecule has 0 radical (unpaired) electrons. The van der Waals surface area contributed by atoms with Crippen LogP contribution in [0.4, 0.5) is 0 Å². The second-order valence-electron chi connectivity index (χ2n) is 7.31. The Balaban J connectivity index is 0.00000300. The zero-order chi connectivity index (χ0) is 19.8. The van der Waals surface area contributed by atoms with E-state index in [0.29, 0.717) is 12.5 Å². The average Bonchev–Trinajstić information content (AvgIpc) is 3.17. The molecule has 0 aliphatic carbocycles. The molecule has 1 atom stereocenters. The van der Waals surface area contributed by atoms with Crippen LogP contribution in [-0.2, 0) is 4.74 Å². The minimum Gasteiger partial charge on any atom is -0.386 e. The normalized spacial score (nSPS) is 17.1. The lowest BCUT2D eigenvalue weighted by Crippen LogP contribution is -2.44. The van der Waals surface area contributed by atoms with Crippen molar-refractivity contribution in [3.05, 3.63) is 35.2 Å². The number of thiophene rings is 1. The lowest BCUT2D eigenvalue weighted by molar-refractivity contribution is 0.120. The van der Waals surface area contributed by atoms with E-state index < -0.39 is 6.10 Å². The third-order valence-corrected chi connectivity index (χ3v) is 6.55. The van der Waals surface area contributed by atoms with E-state index in [1.54, 1.807) is 25.5 Å². The number of nitrogens with zero attached hydrogens (tertiary/aromatic N) is 2. The molecule has 162 valence electrons. The molecule has 2 aromatic rings. The van der Waals surface area contributed by atoms with Crippen LogP contribution in [0.15, 0.2) is 35.3 Å². The quantitative estimate of drug-likeness (QED) is 0.277. The van der Waals surface area contributed by atoms with E-state index in [0.717, 1.165) is 43.6 Å². The minimum absolute atomic E-state index is 0. The van der Waals surface area contributed by atoms with Crippen molar-refractivity contribution in [1.29, 1.82) is 0 Å². The second kappa shape index (κ2) is 12.7. The zero-order valence-electron chi connectivity index (χ0n) is 17.3. The van der Waals surface area contributed by atoms with E-state index in [2.05, 4.69) is 38.7 Å². The van der Waals surface area contributed by atoms with Crippen LogP contribution in [0.5, 0.6) is 0 Å². The fraction of sp³-hybridized carbons (Fsp3) is 0.571. The summed E-state index contributed by atoms with van der Waals surface area (Å²) in [5.41, 5.74) is 0. The van der Waals surface area contributed by atoms with Gasteiger partial charge in [-0.05, 0) is 49.4 Å². The third kappa shape index (κ3) is 7.36. The molecule has 8 heteroatoms. The van der Waals surface area contributed by atoms with Gasteiger partial charge in [-0.15, -0.1) is 35.3 Å². The monoisotopic (exact) mass is 532 g/mol. The van der Waals surface area contributed by atoms with Gasteiger partial charge < -0.3 is 25.4 Å². The van der Waals surface area contributed by atoms with Gasteiger partial charge in [0.1, 0.15) is 6.10 Å². The zero-order valence-corrected chi connectivity index (χ0v) is 20.4. The number of ether oxygens (including phenoxy) is 1. The number of aliphatic hydroxyl groups is 1. The fourth-order valence-electron chi connectivity index (χ4n) is 3.56. The SMILES string of the molecule is CN=C(NCC1CCN(CCOC)CC1)NCC(O)c1cc2ccccc2s1.I. The van der Waals surface area contributed by atoms with Gasteiger partial charge in [0.2, 0.25) is 0 Å². The molecule has 1 aliphatic heterocycles. The van der Waals surface area contributed by atoms with Crippen LogP contribution >= 0.6 is 35.3 Å². The average molecular weight is 532 g/mol. The number of aliphatic hydroxyl groups excluding tert-OH is 1. The van der Waals surface area contributed by atoms with Crippen LogP contribution in [0, 0.1) is 5.92 Å². The van der Waals surface area contributed by atoms with Gasteiger partial charge in [-0.3, -0.25) is 4.99 Å². The molecule has 1 unspecified atom stereocenters. The number of benzene rings is 1. The molecule has 1 saturated heterocycles. The third-order valence-electron chi connectivity index (χ3n) is 5.34. The van der Waals surface area contributed by atoms with Crippen molar-refractivity contribution >= 4 is 51.4 Å². The maximum atomic E-state index is 10.5. The van der Waals surface area contributed by atoms with Crippen LogP contribution in [0.2, 0.25) is 0 Å². The molecule has 3 N–H and O–H groups in total. The predicted molar refractivity (Wildman–Crippen MR) is 133 cm³/mol. The number of likely N-dealkylation sites (tertiary alicyclic amines) is 1. The fourth-order valence-corrected chi connectivity index (χ4v) is 4.61. The summed E-state index contributed by atoms with van der Waals surface area (Å²) in [6.45, 7) is 5.45. The summed E-state index contributed by atoms with van der Waals surface area (Å²) in [7, 11) is 3.53. The Hall–Kier alpha value is -0.940. The van der Waals surface area contributed by atoms with E-state index in [1.807, 2.05) is 12.1 Å².